The Morgan fingerprint density at radius 3 is 2.50 bits per heavy atom. The topological polar surface area (TPSA) is 128 Å². The van der Waals surface area contributed by atoms with E-state index in [9.17, 15) is 5.11 Å². The highest BCUT2D eigenvalue weighted by atomic mass is 16.3. The molecule has 5 rings (SSSR count). The van der Waals surface area contributed by atoms with Gasteiger partial charge in [-0.1, -0.05) is 24.8 Å². The molecule has 1 aromatic carbocycles. The number of fused-ring (bicyclic) bond motifs is 1. The van der Waals surface area contributed by atoms with Gasteiger partial charge in [0.2, 0.25) is 5.89 Å². The van der Waals surface area contributed by atoms with E-state index in [0.717, 1.165) is 33.5 Å². The van der Waals surface area contributed by atoms with Crippen molar-refractivity contribution < 1.29 is 9.52 Å². The average Bonchev–Trinajstić information content (AvgIpc) is 3.47. The second-order valence-corrected chi connectivity index (χ2v) is 7.98. The second kappa shape index (κ2) is 8.45. The van der Waals surface area contributed by atoms with Crippen LogP contribution in [0.1, 0.15) is 6.92 Å². The number of hydrogen-bond donors (Lipinski definition) is 3. The van der Waals surface area contributed by atoms with Crippen LogP contribution in [0.2, 0.25) is 0 Å². The molecule has 34 heavy (non-hydrogen) atoms. The SMILES string of the molecule is C=C(C)C(O)Nc1ccc(-c2c(-c3ccc(-c4ncco4)nc3)c3c(N)ncnc3n2C)cc1. The molecule has 0 bridgehead atoms. The number of hydrogen-bond acceptors (Lipinski definition) is 8. The van der Waals surface area contributed by atoms with E-state index in [1.807, 2.05) is 48.0 Å². The van der Waals surface area contributed by atoms with Crippen molar-refractivity contribution in [2.45, 2.75) is 13.2 Å². The van der Waals surface area contributed by atoms with Crippen LogP contribution < -0.4 is 11.1 Å². The molecule has 0 aliphatic heterocycles. The predicted molar refractivity (Wildman–Crippen MR) is 132 cm³/mol. The molecule has 5 aromatic rings. The number of aromatic nitrogens is 5. The predicted octanol–water partition coefficient (Wildman–Crippen LogP) is 4.24. The van der Waals surface area contributed by atoms with Gasteiger partial charge in [-0.15, -0.1) is 0 Å². The average molecular weight is 454 g/mol. The lowest BCUT2D eigenvalue weighted by Gasteiger charge is -2.15. The lowest BCUT2D eigenvalue weighted by atomic mass is 9.99. The Morgan fingerprint density at radius 2 is 1.85 bits per heavy atom. The molecule has 0 radical (unpaired) electrons. The number of benzene rings is 1. The highest BCUT2D eigenvalue weighted by molar-refractivity contribution is 6.07. The zero-order chi connectivity index (χ0) is 23.8. The quantitative estimate of drug-likeness (QED) is 0.257. The summed E-state index contributed by atoms with van der Waals surface area (Å²) in [6, 6.07) is 11.6. The largest absolute Gasteiger partial charge is 0.443 e. The Kier molecular flexibility index (Phi) is 5.31. The van der Waals surface area contributed by atoms with E-state index in [1.54, 1.807) is 19.3 Å². The zero-order valence-corrected chi connectivity index (χ0v) is 18.7. The zero-order valence-electron chi connectivity index (χ0n) is 18.7. The van der Waals surface area contributed by atoms with Gasteiger partial charge in [0.25, 0.3) is 0 Å². The van der Waals surface area contributed by atoms with Crippen LogP contribution in [0.25, 0.3) is 45.0 Å². The van der Waals surface area contributed by atoms with E-state index in [1.165, 1.54) is 12.6 Å². The first-order chi connectivity index (χ1) is 16.4. The van der Waals surface area contributed by atoms with E-state index in [-0.39, 0.29) is 0 Å². The smallest absolute Gasteiger partial charge is 0.244 e. The molecule has 0 aliphatic carbocycles. The number of nitrogen functional groups attached to an aromatic ring is 1. The Morgan fingerprint density at radius 1 is 1.09 bits per heavy atom. The van der Waals surface area contributed by atoms with Gasteiger partial charge < -0.3 is 25.1 Å². The van der Waals surface area contributed by atoms with Crippen LogP contribution in [-0.2, 0) is 7.05 Å². The van der Waals surface area contributed by atoms with Crippen LogP contribution in [0.5, 0.6) is 0 Å². The van der Waals surface area contributed by atoms with E-state index >= 15 is 0 Å². The highest BCUT2D eigenvalue weighted by Crippen LogP contribution is 2.41. The van der Waals surface area contributed by atoms with Gasteiger partial charge in [-0.05, 0) is 36.3 Å². The molecule has 1 unspecified atom stereocenters. The molecule has 1 atom stereocenters. The standard InChI is InChI=1S/C25H23N7O2/c1-14(2)24(33)31-17-7-4-15(5-8-17)21-19(20-22(26)29-13-30-23(20)32(21)3)16-6-9-18(28-12-16)25-27-10-11-34-25/h4-13,24,31,33H,1H2,2-3H3,(H2,26,29,30). The fraction of sp³-hybridized carbons (Fsp3) is 0.120. The number of aryl methyl sites for hydroxylation is 1. The van der Waals surface area contributed by atoms with Crippen molar-refractivity contribution in [2.75, 3.05) is 11.1 Å². The number of nitrogens with two attached hydrogens (primary N) is 1. The molecular formula is C25H23N7O2. The number of nitrogens with one attached hydrogen (secondary N) is 1. The van der Waals surface area contributed by atoms with E-state index in [4.69, 9.17) is 10.2 Å². The molecular weight excluding hydrogens is 430 g/mol. The molecule has 0 aliphatic rings. The van der Waals surface area contributed by atoms with Gasteiger partial charge in [-0.2, -0.15) is 0 Å². The molecule has 0 amide bonds. The lowest BCUT2D eigenvalue weighted by Crippen LogP contribution is -2.19. The molecule has 4 aromatic heterocycles. The number of pyridine rings is 1. The second-order valence-electron chi connectivity index (χ2n) is 7.98. The van der Waals surface area contributed by atoms with Crippen molar-refractivity contribution in [2.24, 2.45) is 7.05 Å². The van der Waals surface area contributed by atoms with Crippen molar-refractivity contribution in [1.82, 2.24) is 24.5 Å². The molecule has 0 saturated heterocycles. The van der Waals surface area contributed by atoms with Crippen LogP contribution in [-0.4, -0.2) is 35.8 Å². The first-order valence-corrected chi connectivity index (χ1v) is 10.6. The molecule has 9 heteroatoms. The third-order valence-electron chi connectivity index (χ3n) is 5.63. The summed E-state index contributed by atoms with van der Waals surface area (Å²) in [6.45, 7) is 5.54. The maximum absolute atomic E-state index is 10.1. The number of aliphatic hydroxyl groups excluding tert-OH is 1. The highest BCUT2D eigenvalue weighted by Gasteiger charge is 2.22. The van der Waals surface area contributed by atoms with E-state index < -0.39 is 6.23 Å². The van der Waals surface area contributed by atoms with Crippen molar-refractivity contribution in [3.05, 3.63) is 73.5 Å². The summed E-state index contributed by atoms with van der Waals surface area (Å²) in [6.07, 6.45) is 5.51. The number of oxazole rings is 1. The van der Waals surface area contributed by atoms with Gasteiger partial charge in [0.05, 0.1) is 17.3 Å². The minimum atomic E-state index is -0.817. The fourth-order valence-corrected chi connectivity index (χ4v) is 3.92. The minimum Gasteiger partial charge on any atom is -0.443 e. The van der Waals surface area contributed by atoms with Crippen molar-refractivity contribution in [3.8, 4) is 34.0 Å². The van der Waals surface area contributed by atoms with Crippen LogP contribution in [0, 0.1) is 0 Å². The van der Waals surface area contributed by atoms with Gasteiger partial charge in [-0.3, -0.25) is 4.98 Å². The maximum Gasteiger partial charge on any atom is 0.244 e. The maximum atomic E-state index is 10.1. The van der Waals surface area contributed by atoms with Crippen molar-refractivity contribution >= 4 is 22.5 Å². The third kappa shape index (κ3) is 3.67. The van der Waals surface area contributed by atoms with Gasteiger partial charge in [-0.25, -0.2) is 15.0 Å². The van der Waals surface area contributed by atoms with Gasteiger partial charge in [0.1, 0.15) is 36.0 Å². The molecule has 0 saturated carbocycles. The summed E-state index contributed by atoms with van der Waals surface area (Å²) in [4.78, 5) is 17.4. The van der Waals surface area contributed by atoms with Gasteiger partial charge in [0, 0.05) is 30.1 Å². The van der Waals surface area contributed by atoms with Crippen LogP contribution in [0.3, 0.4) is 0 Å². The Bertz CT molecular complexity index is 1470. The number of nitrogens with zero attached hydrogens (tertiary/aromatic N) is 5. The van der Waals surface area contributed by atoms with Gasteiger partial charge >= 0.3 is 0 Å². The number of aliphatic hydroxyl groups is 1. The third-order valence-corrected chi connectivity index (χ3v) is 5.63. The first-order valence-electron chi connectivity index (χ1n) is 10.6. The Hall–Kier alpha value is -4.50. The van der Waals surface area contributed by atoms with E-state index in [2.05, 4.69) is 31.8 Å². The molecule has 4 heterocycles. The molecule has 9 nitrogen and oxygen atoms in total. The minimum absolute atomic E-state index is 0.390. The summed E-state index contributed by atoms with van der Waals surface area (Å²) in [7, 11) is 1.94. The Balaban J connectivity index is 1.64. The monoisotopic (exact) mass is 453 g/mol. The molecule has 0 fully saturated rings. The van der Waals surface area contributed by atoms with Gasteiger partial charge in [0.15, 0.2) is 0 Å². The molecule has 4 N–H and O–H groups in total. The van der Waals surface area contributed by atoms with Crippen molar-refractivity contribution in [3.63, 3.8) is 0 Å². The summed E-state index contributed by atoms with van der Waals surface area (Å²) >= 11 is 0. The summed E-state index contributed by atoms with van der Waals surface area (Å²) < 4.78 is 7.35. The first kappa shape index (κ1) is 21.4. The van der Waals surface area contributed by atoms with Crippen LogP contribution >= 0.6 is 0 Å². The molecule has 170 valence electrons. The lowest BCUT2D eigenvalue weighted by molar-refractivity contribution is 0.240. The molecule has 0 spiro atoms. The van der Waals surface area contributed by atoms with Crippen molar-refractivity contribution in [1.29, 1.82) is 0 Å². The Labute approximate surface area is 195 Å². The van der Waals surface area contributed by atoms with Crippen LogP contribution in [0.4, 0.5) is 11.5 Å². The fourth-order valence-electron chi connectivity index (χ4n) is 3.92. The summed E-state index contributed by atoms with van der Waals surface area (Å²) in [5.41, 5.74) is 12.7. The summed E-state index contributed by atoms with van der Waals surface area (Å²) in [5, 5.41) is 13.8. The number of anilines is 2. The number of rotatable bonds is 6. The normalized spacial score (nSPS) is 12.1. The van der Waals surface area contributed by atoms with E-state index in [0.29, 0.717) is 28.6 Å². The van der Waals surface area contributed by atoms with Crippen LogP contribution in [0.15, 0.2) is 78.0 Å². The summed E-state index contributed by atoms with van der Waals surface area (Å²) in [5.74, 6) is 0.842.